The molecule has 1 aromatic carbocycles. The zero-order valence-electron chi connectivity index (χ0n) is 23.4. The molecule has 0 aliphatic carbocycles. The van der Waals surface area contributed by atoms with Gasteiger partial charge >= 0.3 is 17.1 Å². The maximum Gasteiger partial charge on any atom is 0.373 e. The topological polar surface area (TPSA) is 36.9 Å². The maximum absolute atomic E-state index is 6.72. The van der Waals surface area contributed by atoms with Crippen molar-refractivity contribution in [2.75, 3.05) is 0 Å². The smallest absolute Gasteiger partial charge is 0.373 e. The van der Waals surface area contributed by atoms with Crippen LogP contribution < -0.4 is 10.4 Å². The normalized spacial score (nSPS) is 14.7. The van der Waals surface area contributed by atoms with Crippen LogP contribution in [0.25, 0.3) is 0 Å². The van der Waals surface area contributed by atoms with E-state index in [-0.39, 0.29) is 22.4 Å². The molecule has 0 N–H and O–H groups in total. The van der Waals surface area contributed by atoms with Crippen molar-refractivity contribution in [2.45, 2.75) is 131 Å². The van der Waals surface area contributed by atoms with Crippen LogP contribution in [0.2, 0.25) is 12.1 Å². The molecular formula is C26H50O4Si2. The largest absolute Gasteiger partial charge is 0.386 e. The molecule has 1 aromatic rings. The first kappa shape index (κ1) is 29.5. The van der Waals surface area contributed by atoms with Gasteiger partial charge < -0.3 is 17.7 Å². The molecule has 0 atom stereocenters. The molecule has 6 heteroatoms. The molecule has 0 heterocycles. The Bertz CT molecular complexity index is 622. The molecule has 0 radical (unpaired) electrons. The molecule has 0 fully saturated rings. The van der Waals surface area contributed by atoms with Crippen LogP contribution in [0.5, 0.6) is 0 Å². The molecule has 0 aliphatic rings. The molecule has 0 saturated heterocycles. The van der Waals surface area contributed by atoms with E-state index in [1.54, 1.807) is 0 Å². The Labute approximate surface area is 200 Å². The molecule has 0 saturated carbocycles. The lowest BCUT2D eigenvalue weighted by molar-refractivity contribution is 0.0210. The van der Waals surface area contributed by atoms with Gasteiger partial charge in [-0.05, 0) is 106 Å². The molecular weight excluding hydrogens is 432 g/mol. The maximum atomic E-state index is 6.72. The quantitative estimate of drug-likeness (QED) is 0.408. The van der Waals surface area contributed by atoms with Crippen molar-refractivity contribution in [3.05, 3.63) is 24.3 Å². The Morgan fingerprint density at radius 2 is 0.656 bits per heavy atom. The minimum atomic E-state index is -2.67. The minimum absolute atomic E-state index is 0.293. The number of rotatable bonds is 8. The highest BCUT2D eigenvalue weighted by Crippen LogP contribution is 2.29. The first-order chi connectivity index (χ1) is 14.2. The van der Waals surface area contributed by atoms with Gasteiger partial charge in [-0.3, -0.25) is 0 Å². The molecule has 186 valence electrons. The summed E-state index contributed by atoms with van der Waals surface area (Å²) in [7, 11) is -5.34. The van der Waals surface area contributed by atoms with Gasteiger partial charge in [0.1, 0.15) is 0 Å². The Balaban J connectivity index is 3.58. The average molecular weight is 483 g/mol. The highest BCUT2D eigenvalue weighted by molar-refractivity contribution is 6.83. The second kappa shape index (κ2) is 10.0. The Morgan fingerprint density at radius 1 is 0.469 bits per heavy atom. The zero-order valence-corrected chi connectivity index (χ0v) is 25.4. The molecule has 32 heavy (non-hydrogen) atoms. The van der Waals surface area contributed by atoms with Crippen molar-refractivity contribution < 1.29 is 17.7 Å². The van der Waals surface area contributed by atoms with Gasteiger partial charge in [0, 0.05) is 0 Å². The zero-order chi connectivity index (χ0) is 25.2. The van der Waals surface area contributed by atoms with E-state index in [0.717, 1.165) is 22.5 Å². The van der Waals surface area contributed by atoms with Gasteiger partial charge in [-0.15, -0.1) is 0 Å². The van der Waals surface area contributed by atoms with Crippen molar-refractivity contribution in [3.8, 4) is 0 Å². The Morgan fingerprint density at radius 3 is 0.781 bits per heavy atom. The number of benzene rings is 1. The van der Waals surface area contributed by atoms with E-state index in [9.17, 15) is 0 Å². The van der Waals surface area contributed by atoms with Gasteiger partial charge in [-0.25, -0.2) is 0 Å². The summed E-state index contributed by atoms with van der Waals surface area (Å²) in [6, 6.07) is 10.5. The number of hydrogen-bond acceptors (Lipinski definition) is 4. The highest BCUT2D eigenvalue weighted by Gasteiger charge is 2.47. The van der Waals surface area contributed by atoms with Crippen LogP contribution in [0.4, 0.5) is 0 Å². The van der Waals surface area contributed by atoms with E-state index in [1.807, 2.05) is 0 Å². The second-order valence-corrected chi connectivity index (χ2v) is 19.0. The van der Waals surface area contributed by atoms with E-state index >= 15 is 0 Å². The summed E-state index contributed by atoms with van der Waals surface area (Å²) in [5.41, 5.74) is -1.17. The van der Waals surface area contributed by atoms with Crippen molar-refractivity contribution in [1.29, 1.82) is 0 Å². The summed E-state index contributed by atoms with van der Waals surface area (Å²) in [5.74, 6) is 0. The lowest BCUT2D eigenvalue weighted by atomic mass is 10.2. The first-order valence-corrected chi connectivity index (χ1v) is 16.1. The van der Waals surface area contributed by atoms with Crippen molar-refractivity contribution >= 4 is 27.5 Å². The molecule has 0 bridgehead atoms. The predicted octanol–water partition coefficient (Wildman–Crippen LogP) is 6.29. The molecule has 0 unspecified atom stereocenters. The van der Waals surface area contributed by atoms with E-state index < -0.39 is 17.1 Å². The average Bonchev–Trinajstić information content (AvgIpc) is 2.55. The molecule has 4 nitrogen and oxygen atoms in total. The van der Waals surface area contributed by atoms with E-state index in [2.05, 4.69) is 121 Å². The van der Waals surface area contributed by atoms with Crippen LogP contribution in [0.3, 0.4) is 0 Å². The molecule has 0 aromatic heterocycles. The second-order valence-electron chi connectivity index (χ2n) is 12.6. The lowest BCUT2D eigenvalue weighted by Gasteiger charge is -2.42. The number of hydrogen-bond donors (Lipinski definition) is 0. The molecule has 0 aliphatic heterocycles. The van der Waals surface area contributed by atoms with E-state index in [1.165, 1.54) is 0 Å². The standard InChI is InChI=1S/C26H50O4Si2/c1-15-31(27-23(3,4)5,28-24(6,7)8)21-17-19-22(20-18-21)32(16-2,29-25(9,10)11)30-26(12,13)14/h17-20H,15-16H2,1-14H3. The SMILES string of the molecule is CC[Si](OC(C)(C)C)(OC(C)(C)C)c1ccc([Si](CC)(OC(C)(C)C)OC(C)(C)C)cc1. The summed E-state index contributed by atoms with van der Waals surface area (Å²) in [4.78, 5) is 0. The molecule has 1 rings (SSSR count). The van der Waals surface area contributed by atoms with Crippen molar-refractivity contribution in [2.24, 2.45) is 0 Å². The fraction of sp³-hybridized carbons (Fsp3) is 0.769. The highest BCUT2D eigenvalue weighted by atomic mass is 28.4. The van der Waals surface area contributed by atoms with Crippen LogP contribution >= 0.6 is 0 Å². The molecule has 0 spiro atoms. The lowest BCUT2D eigenvalue weighted by Crippen LogP contribution is -2.62. The van der Waals surface area contributed by atoms with Crippen molar-refractivity contribution in [3.63, 3.8) is 0 Å². The summed E-state index contributed by atoms with van der Waals surface area (Å²) >= 11 is 0. The fourth-order valence-corrected chi connectivity index (χ4v) is 11.2. The minimum Gasteiger partial charge on any atom is -0.386 e. The Hall–Kier alpha value is -0.506. The summed E-state index contributed by atoms with van der Waals surface area (Å²) in [5, 5.41) is 2.30. The fourth-order valence-electron chi connectivity index (χ4n) is 3.93. The van der Waals surface area contributed by atoms with Gasteiger partial charge in [0.15, 0.2) is 0 Å². The van der Waals surface area contributed by atoms with Gasteiger partial charge in [0.05, 0.1) is 22.4 Å². The first-order valence-electron chi connectivity index (χ1n) is 12.1. The van der Waals surface area contributed by atoms with Gasteiger partial charge in [-0.2, -0.15) is 0 Å². The van der Waals surface area contributed by atoms with E-state index in [4.69, 9.17) is 17.7 Å². The van der Waals surface area contributed by atoms with Crippen molar-refractivity contribution in [1.82, 2.24) is 0 Å². The van der Waals surface area contributed by atoms with E-state index in [0.29, 0.717) is 0 Å². The van der Waals surface area contributed by atoms with Gasteiger partial charge in [0.25, 0.3) is 0 Å². The third-order valence-electron chi connectivity index (χ3n) is 4.58. The Kier molecular flexibility index (Phi) is 9.23. The third-order valence-corrected chi connectivity index (χ3v) is 12.6. The van der Waals surface area contributed by atoms with Crippen LogP contribution in [0.15, 0.2) is 24.3 Å². The van der Waals surface area contributed by atoms with Crippen LogP contribution in [-0.2, 0) is 17.7 Å². The summed E-state index contributed by atoms with van der Waals surface area (Å²) in [6.07, 6.45) is 0. The third kappa shape index (κ3) is 9.03. The summed E-state index contributed by atoms with van der Waals surface area (Å²) in [6.45, 7) is 29.6. The summed E-state index contributed by atoms with van der Waals surface area (Å²) < 4.78 is 26.9. The van der Waals surface area contributed by atoms with Gasteiger partial charge in [0.2, 0.25) is 0 Å². The monoisotopic (exact) mass is 482 g/mol. The molecule has 0 amide bonds. The van der Waals surface area contributed by atoms with Gasteiger partial charge in [-0.1, -0.05) is 38.1 Å². The predicted molar refractivity (Wildman–Crippen MR) is 142 cm³/mol. The van der Waals surface area contributed by atoms with Crippen LogP contribution in [-0.4, -0.2) is 39.5 Å². The van der Waals surface area contributed by atoms with Crippen LogP contribution in [0, 0.1) is 0 Å². The van der Waals surface area contributed by atoms with Crippen LogP contribution in [0.1, 0.15) is 96.9 Å².